The number of piperidine rings is 1. The van der Waals surface area contributed by atoms with Gasteiger partial charge in [-0.1, -0.05) is 18.2 Å². The van der Waals surface area contributed by atoms with E-state index in [0.717, 1.165) is 37.6 Å². The Morgan fingerprint density at radius 2 is 1.77 bits per heavy atom. The van der Waals surface area contributed by atoms with E-state index >= 15 is 0 Å². The zero-order chi connectivity index (χ0) is 15.8. The summed E-state index contributed by atoms with van der Waals surface area (Å²) in [7, 11) is 2.17. The Morgan fingerprint density at radius 3 is 2.36 bits per heavy atom. The Balaban J connectivity index is 1.59. The molecule has 2 fully saturated rings. The van der Waals surface area contributed by atoms with Gasteiger partial charge in [-0.15, -0.1) is 0 Å². The van der Waals surface area contributed by atoms with Gasteiger partial charge in [0.05, 0.1) is 5.56 Å². The summed E-state index contributed by atoms with van der Waals surface area (Å²) in [6, 6.07) is 5.73. The van der Waals surface area contributed by atoms with Gasteiger partial charge in [-0.2, -0.15) is 13.2 Å². The van der Waals surface area contributed by atoms with Crippen LogP contribution < -0.4 is 0 Å². The van der Waals surface area contributed by atoms with Crippen molar-refractivity contribution in [3.63, 3.8) is 0 Å². The third-order valence-electron chi connectivity index (χ3n) is 5.21. The lowest BCUT2D eigenvalue weighted by molar-refractivity contribution is -0.137. The molecule has 0 radical (unpaired) electrons. The van der Waals surface area contributed by atoms with Crippen molar-refractivity contribution in [2.24, 2.45) is 5.41 Å². The smallest absolute Gasteiger partial charge is 0.306 e. The van der Waals surface area contributed by atoms with Crippen LogP contribution in [0.1, 0.15) is 30.4 Å². The van der Waals surface area contributed by atoms with Gasteiger partial charge in [0.1, 0.15) is 0 Å². The van der Waals surface area contributed by atoms with Crippen molar-refractivity contribution in [3.05, 3.63) is 35.4 Å². The second kappa shape index (κ2) is 5.85. The molecule has 5 heteroatoms. The van der Waals surface area contributed by atoms with Gasteiger partial charge in [-0.3, -0.25) is 4.90 Å². The van der Waals surface area contributed by atoms with Gasteiger partial charge in [-0.25, -0.2) is 0 Å². The molecule has 2 nitrogen and oxygen atoms in total. The number of hydrogen-bond donors (Lipinski definition) is 0. The van der Waals surface area contributed by atoms with E-state index in [1.807, 2.05) is 0 Å². The molecule has 0 aromatic heterocycles. The van der Waals surface area contributed by atoms with E-state index in [4.69, 9.17) is 0 Å². The van der Waals surface area contributed by atoms with E-state index in [2.05, 4.69) is 16.8 Å². The summed E-state index contributed by atoms with van der Waals surface area (Å²) in [5, 5.41) is 0. The van der Waals surface area contributed by atoms with Crippen molar-refractivity contribution >= 4 is 0 Å². The maximum Gasteiger partial charge on any atom is 0.416 e. The Bertz CT molecular complexity index is 519. The zero-order valence-corrected chi connectivity index (χ0v) is 13.0. The quantitative estimate of drug-likeness (QED) is 0.823. The number of halogens is 3. The molecule has 2 heterocycles. The lowest BCUT2D eigenvalue weighted by Crippen LogP contribution is -2.40. The molecule has 22 heavy (non-hydrogen) atoms. The van der Waals surface area contributed by atoms with Crippen molar-refractivity contribution in [2.75, 3.05) is 33.2 Å². The summed E-state index contributed by atoms with van der Waals surface area (Å²) in [6.45, 7) is 4.95. The molecule has 0 N–H and O–H groups in total. The predicted octanol–water partition coefficient (Wildman–Crippen LogP) is 3.62. The molecule has 3 rings (SSSR count). The molecule has 0 aliphatic carbocycles. The minimum Gasteiger partial charge on any atom is -0.306 e. The number of benzene rings is 1. The summed E-state index contributed by atoms with van der Waals surface area (Å²) in [5.41, 5.74) is 0.671. The van der Waals surface area contributed by atoms with Gasteiger partial charge in [0.15, 0.2) is 0 Å². The van der Waals surface area contributed by atoms with E-state index in [1.54, 1.807) is 6.07 Å². The van der Waals surface area contributed by atoms with Gasteiger partial charge in [0.2, 0.25) is 0 Å². The van der Waals surface area contributed by atoms with Gasteiger partial charge in [-0.05, 0) is 63.0 Å². The minimum absolute atomic E-state index is 0.457. The van der Waals surface area contributed by atoms with E-state index in [-0.39, 0.29) is 0 Å². The van der Waals surface area contributed by atoms with Crippen molar-refractivity contribution < 1.29 is 13.2 Å². The van der Waals surface area contributed by atoms with Crippen LogP contribution in [0.3, 0.4) is 0 Å². The minimum atomic E-state index is -4.25. The van der Waals surface area contributed by atoms with Crippen LogP contribution in [-0.4, -0.2) is 43.0 Å². The topological polar surface area (TPSA) is 6.48 Å². The summed E-state index contributed by atoms with van der Waals surface area (Å²) in [5.74, 6) is 0. The van der Waals surface area contributed by atoms with E-state index in [9.17, 15) is 13.2 Å². The molecule has 2 aliphatic rings. The number of rotatable bonds is 2. The number of likely N-dealkylation sites (tertiary alicyclic amines) is 2. The number of alkyl halides is 3. The first-order valence-corrected chi connectivity index (χ1v) is 7.93. The third kappa shape index (κ3) is 3.46. The van der Waals surface area contributed by atoms with Crippen LogP contribution in [0.25, 0.3) is 0 Å². The average molecular weight is 312 g/mol. The lowest BCUT2D eigenvalue weighted by Gasteiger charge is -2.39. The molecule has 0 saturated carbocycles. The summed E-state index contributed by atoms with van der Waals surface area (Å²) >= 11 is 0. The van der Waals surface area contributed by atoms with Crippen molar-refractivity contribution in [3.8, 4) is 0 Å². The van der Waals surface area contributed by atoms with E-state index in [1.165, 1.54) is 31.6 Å². The van der Waals surface area contributed by atoms with Crippen molar-refractivity contribution in [1.29, 1.82) is 0 Å². The summed E-state index contributed by atoms with van der Waals surface area (Å²) < 4.78 is 38.3. The van der Waals surface area contributed by atoms with Crippen molar-refractivity contribution in [1.82, 2.24) is 9.80 Å². The first-order valence-electron chi connectivity index (χ1n) is 7.93. The molecule has 1 aromatic rings. The fourth-order valence-electron chi connectivity index (χ4n) is 3.86. The molecule has 2 aliphatic heterocycles. The Kier molecular flexibility index (Phi) is 4.21. The van der Waals surface area contributed by atoms with Crippen LogP contribution >= 0.6 is 0 Å². The second-order valence-electron chi connectivity index (χ2n) is 6.96. The highest BCUT2D eigenvalue weighted by atomic mass is 19.4. The monoisotopic (exact) mass is 312 g/mol. The van der Waals surface area contributed by atoms with Gasteiger partial charge in [0.25, 0.3) is 0 Å². The van der Waals surface area contributed by atoms with Crippen molar-refractivity contribution in [2.45, 2.75) is 32.0 Å². The molecule has 1 spiro atoms. The third-order valence-corrected chi connectivity index (χ3v) is 5.21. The predicted molar refractivity (Wildman–Crippen MR) is 80.5 cm³/mol. The fraction of sp³-hybridized carbons (Fsp3) is 0.647. The molecule has 122 valence electrons. The molecule has 0 bridgehead atoms. The van der Waals surface area contributed by atoms with Crippen LogP contribution in [0.15, 0.2) is 24.3 Å². The van der Waals surface area contributed by atoms with Crippen LogP contribution in [0.5, 0.6) is 0 Å². The van der Waals surface area contributed by atoms with Gasteiger partial charge >= 0.3 is 6.18 Å². The van der Waals surface area contributed by atoms with E-state index in [0.29, 0.717) is 12.0 Å². The Labute approximate surface area is 129 Å². The largest absolute Gasteiger partial charge is 0.416 e. The molecule has 1 aromatic carbocycles. The summed E-state index contributed by atoms with van der Waals surface area (Å²) in [4.78, 5) is 4.68. The summed E-state index contributed by atoms with van der Waals surface area (Å²) in [6.07, 6.45) is -0.663. The molecular formula is C17H23F3N2. The van der Waals surface area contributed by atoms with Crippen LogP contribution in [0, 0.1) is 5.41 Å². The molecule has 0 atom stereocenters. The highest BCUT2D eigenvalue weighted by Crippen LogP contribution is 2.40. The first kappa shape index (κ1) is 15.8. The highest BCUT2D eigenvalue weighted by molar-refractivity contribution is 5.25. The number of nitrogens with zero attached hydrogens (tertiary/aromatic N) is 2. The van der Waals surface area contributed by atoms with Gasteiger partial charge < -0.3 is 4.90 Å². The maximum absolute atomic E-state index is 12.8. The zero-order valence-electron chi connectivity index (χ0n) is 13.0. The maximum atomic E-state index is 12.8. The van der Waals surface area contributed by atoms with E-state index < -0.39 is 11.7 Å². The Hall–Kier alpha value is -1.07. The average Bonchev–Trinajstić information content (AvgIpc) is 2.82. The lowest BCUT2D eigenvalue weighted by atomic mass is 9.77. The molecular weight excluding hydrogens is 289 g/mol. The standard InChI is InChI=1S/C17H23F3N2/c1-21-8-5-16(13-21)6-9-22(10-7-16)12-14-3-2-4-15(11-14)17(18,19)20/h2-4,11H,5-10,12-13H2,1H3. The Morgan fingerprint density at radius 1 is 1.09 bits per heavy atom. The number of hydrogen-bond acceptors (Lipinski definition) is 2. The fourth-order valence-corrected chi connectivity index (χ4v) is 3.86. The normalized spacial score (nSPS) is 23.3. The molecule has 2 saturated heterocycles. The molecule has 0 unspecified atom stereocenters. The highest BCUT2D eigenvalue weighted by Gasteiger charge is 2.39. The van der Waals surface area contributed by atoms with Crippen LogP contribution in [0.2, 0.25) is 0 Å². The molecule has 0 amide bonds. The van der Waals surface area contributed by atoms with Gasteiger partial charge in [0, 0.05) is 13.1 Å². The van der Waals surface area contributed by atoms with Crippen LogP contribution in [-0.2, 0) is 12.7 Å². The SMILES string of the molecule is CN1CCC2(CCN(Cc3cccc(C(F)(F)F)c3)CC2)C1. The first-order chi connectivity index (χ1) is 10.4. The van der Waals surface area contributed by atoms with Crippen LogP contribution in [0.4, 0.5) is 13.2 Å². The second-order valence-corrected chi connectivity index (χ2v) is 6.96.